The summed E-state index contributed by atoms with van der Waals surface area (Å²) in [6.45, 7) is 3.50. The van der Waals surface area contributed by atoms with Crippen LogP contribution in [0.5, 0.6) is 11.5 Å². The molecule has 1 aromatic rings. The third-order valence-corrected chi connectivity index (χ3v) is 6.31. The van der Waals surface area contributed by atoms with Crippen molar-refractivity contribution in [1.82, 2.24) is 0 Å². The Kier molecular flexibility index (Phi) is 5.97. The monoisotopic (exact) mass is 397 g/mol. The Labute approximate surface area is 171 Å². The highest BCUT2D eigenvalue weighted by Crippen LogP contribution is 2.53. The highest BCUT2D eigenvalue weighted by atomic mass is 16.5. The maximum Gasteiger partial charge on any atom is 0.302 e. The Morgan fingerprint density at radius 2 is 2.00 bits per heavy atom. The molecule has 0 saturated heterocycles. The molecule has 6 nitrogen and oxygen atoms in total. The van der Waals surface area contributed by atoms with Crippen LogP contribution >= 0.6 is 0 Å². The van der Waals surface area contributed by atoms with E-state index in [0.29, 0.717) is 30.8 Å². The van der Waals surface area contributed by atoms with Crippen molar-refractivity contribution in [3.8, 4) is 17.6 Å². The third kappa shape index (κ3) is 3.87. The van der Waals surface area contributed by atoms with Crippen LogP contribution in [0, 0.1) is 16.7 Å². The van der Waals surface area contributed by atoms with Gasteiger partial charge in [0.15, 0.2) is 17.3 Å². The van der Waals surface area contributed by atoms with Crippen LogP contribution in [0.25, 0.3) is 0 Å². The lowest BCUT2D eigenvalue weighted by Crippen LogP contribution is -2.36. The second-order valence-corrected chi connectivity index (χ2v) is 7.93. The van der Waals surface area contributed by atoms with E-state index in [2.05, 4.69) is 13.0 Å². The van der Waals surface area contributed by atoms with Gasteiger partial charge in [-0.15, -0.1) is 0 Å². The Morgan fingerprint density at radius 3 is 2.62 bits per heavy atom. The van der Waals surface area contributed by atoms with Crippen molar-refractivity contribution in [2.24, 2.45) is 5.41 Å². The minimum Gasteiger partial charge on any atom is -0.493 e. The Morgan fingerprint density at radius 1 is 1.28 bits per heavy atom. The van der Waals surface area contributed by atoms with Crippen LogP contribution in [0.15, 0.2) is 29.3 Å². The van der Waals surface area contributed by atoms with Crippen LogP contribution in [-0.2, 0) is 14.3 Å². The van der Waals surface area contributed by atoms with Gasteiger partial charge >= 0.3 is 5.97 Å². The molecule has 0 aliphatic heterocycles. The smallest absolute Gasteiger partial charge is 0.302 e. The number of methoxy groups -OCH3 is 2. The van der Waals surface area contributed by atoms with E-state index < -0.39 is 5.92 Å². The third-order valence-electron chi connectivity index (χ3n) is 6.31. The molecule has 0 heterocycles. The van der Waals surface area contributed by atoms with Crippen LogP contribution in [0.3, 0.4) is 0 Å². The number of ether oxygens (including phenoxy) is 3. The van der Waals surface area contributed by atoms with Gasteiger partial charge in [-0.1, -0.05) is 18.6 Å². The van der Waals surface area contributed by atoms with Crippen molar-refractivity contribution >= 4 is 11.8 Å². The Bertz CT molecular complexity index is 897. The number of esters is 1. The van der Waals surface area contributed by atoms with E-state index in [1.165, 1.54) is 6.92 Å². The van der Waals surface area contributed by atoms with Gasteiger partial charge in [-0.25, -0.2) is 0 Å². The fraction of sp³-hybridized carbons (Fsp3) is 0.522. The molecule has 0 spiro atoms. The van der Waals surface area contributed by atoms with Crippen LogP contribution in [-0.4, -0.2) is 32.1 Å². The van der Waals surface area contributed by atoms with Gasteiger partial charge in [0.2, 0.25) is 0 Å². The first-order valence-electron chi connectivity index (χ1n) is 9.88. The number of hydrogen-bond donors (Lipinski definition) is 0. The molecule has 0 bridgehead atoms. The van der Waals surface area contributed by atoms with Crippen molar-refractivity contribution in [2.45, 2.75) is 58.0 Å². The standard InChI is InChI=1S/C23H27NO5/c1-14(25)29-22-8-6-18-17(19(26)9-10-23(18,22)2)11-16(13-24)15-5-7-20(27-3)21(12-15)28-4/h5,7,12,16,22H,6,8-11H2,1-4H3/t16?,22-,23-/m0/s1. The molecule has 0 radical (unpaired) electrons. The van der Waals surface area contributed by atoms with E-state index in [1.807, 2.05) is 6.07 Å². The van der Waals surface area contributed by atoms with E-state index in [0.717, 1.165) is 29.6 Å². The van der Waals surface area contributed by atoms with Gasteiger partial charge in [-0.05, 0) is 49.0 Å². The summed E-state index contributed by atoms with van der Waals surface area (Å²) in [6, 6.07) is 7.74. The first kappa shape index (κ1) is 20.9. The molecule has 2 aliphatic rings. The number of benzene rings is 1. The summed E-state index contributed by atoms with van der Waals surface area (Å²) in [5.74, 6) is 0.476. The van der Waals surface area contributed by atoms with Gasteiger partial charge in [0.1, 0.15) is 6.10 Å². The first-order chi connectivity index (χ1) is 13.8. The molecule has 1 aromatic carbocycles. The topological polar surface area (TPSA) is 85.6 Å². The van der Waals surface area contributed by atoms with Crippen LogP contribution in [0.2, 0.25) is 0 Å². The van der Waals surface area contributed by atoms with E-state index in [1.54, 1.807) is 26.4 Å². The highest BCUT2D eigenvalue weighted by Gasteiger charge is 2.49. The SMILES string of the molecule is COc1ccc(C(C#N)CC2=C3CC[C@H](OC(C)=O)[C@@]3(C)CCC2=O)cc1OC. The lowest BCUT2D eigenvalue weighted by molar-refractivity contribution is -0.150. The zero-order valence-electron chi connectivity index (χ0n) is 17.4. The predicted octanol–water partition coefficient (Wildman–Crippen LogP) is 4.09. The number of fused-ring (bicyclic) bond motifs is 1. The van der Waals surface area contributed by atoms with E-state index in [-0.39, 0.29) is 23.3 Å². The average molecular weight is 397 g/mol. The van der Waals surface area contributed by atoms with Crippen LogP contribution in [0.1, 0.15) is 57.4 Å². The van der Waals surface area contributed by atoms with Gasteiger partial charge in [0.05, 0.1) is 26.2 Å². The fourth-order valence-corrected chi connectivity index (χ4v) is 4.71. The van der Waals surface area contributed by atoms with E-state index in [9.17, 15) is 14.9 Å². The molecule has 0 amide bonds. The minimum atomic E-state index is -0.476. The molecule has 29 heavy (non-hydrogen) atoms. The molecule has 0 N–H and O–H groups in total. The number of ketones is 1. The maximum absolute atomic E-state index is 12.8. The molecule has 2 aliphatic carbocycles. The summed E-state index contributed by atoms with van der Waals surface area (Å²) in [6.07, 6.45) is 2.67. The molecule has 1 unspecified atom stereocenters. The molecule has 3 atom stereocenters. The summed E-state index contributed by atoms with van der Waals surface area (Å²) < 4.78 is 16.2. The second kappa shape index (κ2) is 8.28. The lowest BCUT2D eigenvalue weighted by Gasteiger charge is -2.37. The molecule has 154 valence electrons. The van der Waals surface area contributed by atoms with Gasteiger partial charge < -0.3 is 14.2 Å². The van der Waals surface area contributed by atoms with Gasteiger partial charge in [-0.3, -0.25) is 9.59 Å². The lowest BCUT2D eigenvalue weighted by atomic mass is 9.69. The molecule has 6 heteroatoms. The Balaban J connectivity index is 1.94. The normalized spacial score (nSPS) is 24.5. The number of nitrogens with zero attached hydrogens (tertiary/aromatic N) is 1. The quantitative estimate of drug-likeness (QED) is 0.672. The number of rotatable bonds is 6. The minimum absolute atomic E-state index is 0.0988. The maximum atomic E-state index is 12.8. The van der Waals surface area contributed by atoms with Gasteiger partial charge in [-0.2, -0.15) is 5.26 Å². The summed E-state index contributed by atoms with van der Waals surface area (Å²) in [5, 5.41) is 9.84. The number of carbonyl (C=O) groups is 2. The highest BCUT2D eigenvalue weighted by molar-refractivity contribution is 5.97. The zero-order valence-corrected chi connectivity index (χ0v) is 17.4. The van der Waals surface area contributed by atoms with Crippen LogP contribution < -0.4 is 9.47 Å². The zero-order chi connectivity index (χ0) is 21.2. The molecule has 1 saturated carbocycles. The second-order valence-electron chi connectivity index (χ2n) is 7.93. The van der Waals surface area contributed by atoms with Crippen molar-refractivity contribution in [3.05, 3.63) is 34.9 Å². The summed E-state index contributed by atoms with van der Waals surface area (Å²) >= 11 is 0. The van der Waals surface area contributed by atoms with E-state index in [4.69, 9.17) is 14.2 Å². The fourth-order valence-electron chi connectivity index (χ4n) is 4.71. The first-order valence-corrected chi connectivity index (χ1v) is 9.88. The van der Waals surface area contributed by atoms with Crippen molar-refractivity contribution in [3.63, 3.8) is 0 Å². The molecular weight excluding hydrogens is 370 g/mol. The van der Waals surface area contributed by atoms with Crippen molar-refractivity contribution in [2.75, 3.05) is 14.2 Å². The number of carbonyl (C=O) groups excluding carboxylic acids is 2. The largest absolute Gasteiger partial charge is 0.493 e. The molecule has 3 rings (SSSR count). The van der Waals surface area contributed by atoms with Crippen LogP contribution in [0.4, 0.5) is 0 Å². The predicted molar refractivity (Wildman–Crippen MR) is 107 cm³/mol. The summed E-state index contributed by atoms with van der Waals surface area (Å²) in [4.78, 5) is 24.3. The van der Waals surface area contributed by atoms with Crippen molar-refractivity contribution < 1.29 is 23.8 Å². The summed E-state index contributed by atoms with van der Waals surface area (Å²) in [7, 11) is 3.12. The Hall–Kier alpha value is -2.81. The number of allylic oxidation sites excluding steroid dienone is 1. The van der Waals surface area contributed by atoms with Gasteiger partial charge in [0, 0.05) is 18.8 Å². The number of Topliss-reactive ketones (excluding diaryl/α,β-unsaturated/α-hetero) is 1. The molecule has 0 aromatic heterocycles. The summed E-state index contributed by atoms with van der Waals surface area (Å²) in [5.41, 5.74) is 2.25. The number of nitriles is 1. The van der Waals surface area contributed by atoms with E-state index >= 15 is 0 Å². The number of hydrogen-bond acceptors (Lipinski definition) is 6. The molecule has 1 fully saturated rings. The molecular formula is C23H27NO5. The average Bonchev–Trinajstić information content (AvgIpc) is 3.03. The van der Waals surface area contributed by atoms with Gasteiger partial charge in [0.25, 0.3) is 0 Å². The van der Waals surface area contributed by atoms with Crippen molar-refractivity contribution in [1.29, 1.82) is 5.26 Å².